The lowest BCUT2D eigenvalue weighted by Gasteiger charge is -2.08. The van der Waals surface area contributed by atoms with E-state index in [-0.39, 0.29) is 0 Å². The highest BCUT2D eigenvalue weighted by molar-refractivity contribution is 5.63. The molecular formula is C19H18N6O. The largest absolute Gasteiger partial charge is 0.457 e. The Bertz CT molecular complexity index is 998. The van der Waals surface area contributed by atoms with E-state index in [0.29, 0.717) is 17.4 Å². The second kappa shape index (κ2) is 7.10. The van der Waals surface area contributed by atoms with Crippen LogP contribution in [0.5, 0.6) is 11.5 Å². The number of nitrogen functional groups attached to an aromatic ring is 1. The Labute approximate surface area is 150 Å². The van der Waals surface area contributed by atoms with Gasteiger partial charge in [0.15, 0.2) is 5.82 Å². The first-order valence-electron chi connectivity index (χ1n) is 8.30. The molecule has 26 heavy (non-hydrogen) atoms. The summed E-state index contributed by atoms with van der Waals surface area (Å²) >= 11 is 0. The third kappa shape index (κ3) is 3.41. The molecule has 0 aliphatic rings. The summed E-state index contributed by atoms with van der Waals surface area (Å²) in [5.41, 5.74) is 7.58. The minimum absolute atomic E-state index is 0.347. The second-order valence-electron chi connectivity index (χ2n) is 5.76. The van der Waals surface area contributed by atoms with Crippen molar-refractivity contribution in [3.8, 4) is 11.5 Å². The Hall–Kier alpha value is -3.61. The number of anilines is 2. The van der Waals surface area contributed by atoms with Crippen LogP contribution in [0.15, 0.2) is 67.0 Å². The van der Waals surface area contributed by atoms with Gasteiger partial charge in [-0.15, -0.1) is 10.2 Å². The van der Waals surface area contributed by atoms with Crippen molar-refractivity contribution in [3.05, 3.63) is 72.6 Å². The minimum Gasteiger partial charge on any atom is -0.457 e. The van der Waals surface area contributed by atoms with Crippen LogP contribution in [-0.2, 0) is 6.42 Å². The molecule has 0 fully saturated rings. The summed E-state index contributed by atoms with van der Waals surface area (Å²) in [6.45, 7) is 0.721. The maximum absolute atomic E-state index is 5.80. The van der Waals surface area contributed by atoms with E-state index in [0.717, 1.165) is 24.5 Å². The standard InChI is InChI=1S/C19H18N6O/c20-19-24-23-18-17(22-12-13-25(18)19)21-11-10-14-6-8-16(9-7-14)26-15-4-2-1-3-5-15/h1-9,12-13H,10-11H2,(H2,20,24)(H,21,22). The highest BCUT2D eigenvalue weighted by Gasteiger charge is 2.07. The van der Waals surface area contributed by atoms with Crippen LogP contribution in [0.1, 0.15) is 5.56 Å². The zero-order valence-corrected chi connectivity index (χ0v) is 14.0. The summed E-state index contributed by atoms with van der Waals surface area (Å²) in [6.07, 6.45) is 4.25. The number of fused-ring (bicyclic) bond motifs is 1. The van der Waals surface area contributed by atoms with Gasteiger partial charge >= 0.3 is 0 Å². The van der Waals surface area contributed by atoms with Gasteiger partial charge < -0.3 is 15.8 Å². The van der Waals surface area contributed by atoms with Crippen molar-refractivity contribution in [2.75, 3.05) is 17.6 Å². The first-order chi connectivity index (χ1) is 12.8. The van der Waals surface area contributed by atoms with Gasteiger partial charge in [0, 0.05) is 18.9 Å². The molecule has 7 nitrogen and oxygen atoms in total. The molecule has 0 aliphatic heterocycles. The molecule has 0 saturated carbocycles. The van der Waals surface area contributed by atoms with E-state index in [9.17, 15) is 0 Å². The van der Waals surface area contributed by atoms with Crippen LogP contribution in [0.4, 0.5) is 11.8 Å². The van der Waals surface area contributed by atoms with E-state index < -0.39 is 0 Å². The van der Waals surface area contributed by atoms with Crippen LogP contribution < -0.4 is 15.8 Å². The number of benzene rings is 2. The number of ether oxygens (including phenoxy) is 1. The molecule has 0 radical (unpaired) electrons. The number of nitrogens with one attached hydrogen (secondary N) is 1. The van der Waals surface area contributed by atoms with E-state index in [1.807, 2.05) is 42.5 Å². The summed E-state index contributed by atoms with van der Waals surface area (Å²) in [6, 6.07) is 17.8. The van der Waals surface area contributed by atoms with Crippen LogP contribution >= 0.6 is 0 Å². The first kappa shape index (κ1) is 15.9. The highest BCUT2D eigenvalue weighted by Crippen LogP contribution is 2.21. The van der Waals surface area contributed by atoms with E-state index >= 15 is 0 Å². The second-order valence-corrected chi connectivity index (χ2v) is 5.76. The quantitative estimate of drug-likeness (QED) is 0.557. The number of aromatic nitrogens is 4. The molecule has 7 heteroatoms. The molecule has 2 aromatic heterocycles. The molecule has 4 rings (SSSR count). The Morgan fingerprint density at radius 3 is 2.54 bits per heavy atom. The predicted octanol–water partition coefficient (Wildman–Crippen LogP) is 3.15. The number of para-hydroxylation sites is 1. The van der Waals surface area contributed by atoms with Gasteiger partial charge in [-0.2, -0.15) is 0 Å². The normalized spacial score (nSPS) is 10.8. The monoisotopic (exact) mass is 346 g/mol. The van der Waals surface area contributed by atoms with Crippen LogP contribution in [0.2, 0.25) is 0 Å². The summed E-state index contributed by atoms with van der Waals surface area (Å²) in [5, 5.41) is 11.2. The van der Waals surface area contributed by atoms with Crippen molar-refractivity contribution in [1.29, 1.82) is 0 Å². The van der Waals surface area contributed by atoms with Gasteiger partial charge in [0.2, 0.25) is 11.6 Å². The zero-order valence-electron chi connectivity index (χ0n) is 14.0. The molecule has 0 atom stereocenters. The van der Waals surface area contributed by atoms with Crippen LogP contribution in [0.3, 0.4) is 0 Å². The van der Waals surface area contributed by atoms with Gasteiger partial charge in [0.1, 0.15) is 11.5 Å². The molecule has 4 aromatic rings. The van der Waals surface area contributed by atoms with Crippen molar-refractivity contribution in [2.24, 2.45) is 0 Å². The SMILES string of the molecule is Nc1nnc2c(NCCc3ccc(Oc4ccccc4)cc3)nccn12. The molecule has 0 unspecified atom stereocenters. The summed E-state index contributed by atoms with van der Waals surface area (Å²) in [4.78, 5) is 4.30. The Morgan fingerprint density at radius 2 is 1.73 bits per heavy atom. The third-order valence-corrected chi connectivity index (χ3v) is 3.96. The van der Waals surface area contributed by atoms with E-state index in [4.69, 9.17) is 10.5 Å². The van der Waals surface area contributed by atoms with Crippen LogP contribution in [0.25, 0.3) is 5.65 Å². The lowest BCUT2D eigenvalue weighted by molar-refractivity contribution is 0.482. The third-order valence-electron chi connectivity index (χ3n) is 3.96. The Kier molecular flexibility index (Phi) is 4.34. The minimum atomic E-state index is 0.347. The average Bonchev–Trinajstić information content (AvgIpc) is 3.06. The number of nitrogens with two attached hydrogens (primary N) is 1. The molecule has 0 amide bonds. The maximum atomic E-state index is 5.80. The fourth-order valence-corrected chi connectivity index (χ4v) is 2.64. The number of hydrogen-bond donors (Lipinski definition) is 2. The molecule has 0 saturated heterocycles. The van der Waals surface area contributed by atoms with Crippen molar-refractivity contribution in [1.82, 2.24) is 19.6 Å². The number of nitrogens with zero attached hydrogens (tertiary/aromatic N) is 4. The van der Waals surface area contributed by atoms with Gasteiger partial charge in [-0.25, -0.2) is 4.98 Å². The highest BCUT2D eigenvalue weighted by atomic mass is 16.5. The number of hydrogen-bond acceptors (Lipinski definition) is 6. The molecule has 0 aliphatic carbocycles. The van der Waals surface area contributed by atoms with Gasteiger partial charge in [0.05, 0.1) is 0 Å². The van der Waals surface area contributed by atoms with Gasteiger partial charge in [-0.1, -0.05) is 30.3 Å². The zero-order chi connectivity index (χ0) is 17.8. The Balaban J connectivity index is 1.36. The Morgan fingerprint density at radius 1 is 0.962 bits per heavy atom. The molecule has 2 heterocycles. The van der Waals surface area contributed by atoms with E-state index in [1.165, 1.54) is 5.56 Å². The molecular weight excluding hydrogens is 328 g/mol. The predicted molar refractivity (Wildman–Crippen MR) is 100 cm³/mol. The van der Waals surface area contributed by atoms with Gasteiger partial charge in [-0.05, 0) is 36.2 Å². The lowest BCUT2D eigenvalue weighted by Crippen LogP contribution is -2.08. The fraction of sp³-hybridized carbons (Fsp3) is 0.105. The summed E-state index contributed by atoms with van der Waals surface area (Å²) in [7, 11) is 0. The van der Waals surface area contributed by atoms with Crippen molar-refractivity contribution < 1.29 is 4.74 Å². The van der Waals surface area contributed by atoms with Gasteiger partial charge in [-0.3, -0.25) is 4.40 Å². The summed E-state index contributed by atoms with van der Waals surface area (Å²) < 4.78 is 7.50. The van der Waals surface area contributed by atoms with Gasteiger partial charge in [0.25, 0.3) is 0 Å². The topological polar surface area (TPSA) is 90.4 Å². The maximum Gasteiger partial charge on any atom is 0.226 e. The molecule has 3 N–H and O–H groups in total. The fourth-order valence-electron chi connectivity index (χ4n) is 2.64. The van der Waals surface area contributed by atoms with Crippen LogP contribution in [0, 0.1) is 0 Å². The average molecular weight is 346 g/mol. The van der Waals surface area contributed by atoms with E-state index in [1.54, 1.807) is 16.8 Å². The smallest absolute Gasteiger partial charge is 0.226 e. The van der Waals surface area contributed by atoms with Crippen LogP contribution in [-0.4, -0.2) is 26.1 Å². The lowest BCUT2D eigenvalue weighted by atomic mass is 10.1. The molecule has 130 valence electrons. The van der Waals surface area contributed by atoms with Crippen molar-refractivity contribution >= 4 is 17.4 Å². The molecule has 0 spiro atoms. The number of rotatable bonds is 6. The van der Waals surface area contributed by atoms with Crippen molar-refractivity contribution in [2.45, 2.75) is 6.42 Å². The van der Waals surface area contributed by atoms with E-state index in [2.05, 4.69) is 32.6 Å². The molecule has 2 aromatic carbocycles. The first-order valence-corrected chi connectivity index (χ1v) is 8.30. The summed E-state index contributed by atoms with van der Waals surface area (Å²) in [5.74, 6) is 2.66. The molecule has 0 bridgehead atoms. The van der Waals surface area contributed by atoms with Crippen molar-refractivity contribution in [3.63, 3.8) is 0 Å².